The van der Waals surface area contributed by atoms with Crippen LogP contribution in [0.4, 0.5) is 22.7 Å². The van der Waals surface area contributed by atoms with Crippen LogP contribution in [0.3, 0.4) is 0 Å². The molecule has 0 saturated heterocycles. The number of anilines is 4. The molecule has 0 heterocycles. The monoisotopic (exact) mass is 448 g/mol. The highest BCUT2D eigenvalue weighted by molar-refractivity contribution is 5.78. The Labute approximate surface area is 205 Å². The van der Waals surface area contributed by atoms with E-state index in [1.165, 1.54) is 33.4 Å². The molecule has 4 aromatic carbocycles. The average Bonchev–Trinajstić information content (AvgIpc) is 2.88. The van der Waals surface area contributed by atoms with Crippen molar-refractivity contribution in [1.82, 2.24) is 0 Å². The van der Waals surface area contributed by atoms with E-state index >= 15 is 0 Å². The van der Waals surface area contributed by atoms with Gasteiger partial charge in [-0.15, -0.1) is 0 Å². The summed E-state index contributed by atoms with van der Waals surface area (Å²) in [4.78, 5) is 0. The number of rotatable bonds is 9. The molecule has 174 valence electrons. The minimum Gasteiger partial charge on any atom is -0.355 e. The van der Waals surface area contributed by atoms with Crippen LogP contribution in [-0.2, 0) is 25.7 Å². The van der Waals surface area contributed by atoms with Crippen molar-refractivity contribution in [3.63, 3.8) is 0 Å². The zero-order valence-corrected chi connectivity index (χ0v) is 20.9. The molecule has 2 N–H and O–H groups in total. The normalized spacial score (nSPS) is 10.8. The van der Waals surface area contributed by atoms with Gasteiger partial charge in [-0.2, -0.15) is 0 Å². The quantitative estimate of drug-likeness (QED) is 0.267. The van der Waals surface area contributed by atoms with Crippen LogP contribution < -0.4 is 10.6 Å². The van der Waals surface area contributed by atoms with Crippen LogP contribution in [-0.4, -0.2) is 0 Å². The first-order chi connectivity index (χ1) is 16.6. The second-order valence-electron chi connectivity index (χ2n) is 8.80. The maximum atomic E-state index is 3.67. The van der Waals surface area contributed by atoms with Crippen LogP contribution in [0.5, 0.6) is 0 Å². The molecule has 2 nitrogen and oxygen atoms in total. The largest absolute Gasteiger partial charge is 0.355 e. The molecule has 0 aliphatic heterocycles. The number of nitrogens with one attached hydrogen (secondary N) is 2. The van der Waals surface area contributed by atoms with Crippen molar-refractivity contribution in [3.05, 3.63) is 107 Å². The lowest BCUT2D eigenvalue weighted by atomic mass is 10.0. The summed E-state index contributed by atoms with van der Waals surface area (Å²) in [5.41, 5.74) is 12.5. The second kappa shape index (κ2) is 11.1. The van der Waals surface area contributed by atoms with E-state index in [-0.39, 0.29) is 0 Å². The summed E-state index contributed by atoms with van der Waals surface area (Å²) in [6, 6.07) is 30.7. The third kappa shape index (κ3) is 5.51. The molecule has 0 spiro atoms. The maximum absolute atomic E-state index is 3.67. The van der Waals surface area contributed by atoms with Crippen LogP contribution in [0, 0.1) is 0 Å². The van der Waals surface area contributed by atoms with E-state index in [1.54, 1.807) is 0 Å². The number of hydrogen-bond donors (Lipinski definition) is 2. The molecule has 0 atom stereocenters. The Kier molecular flexibility index (Phi) is 7.69. The van der Waals surface area contributed by atoms with Gasteiger partial charge in [-0.3, -0.25) is 0 Å². The fraction of sp³-hybridized carbons (Fsp3) is 0.250. The first kappa shape index (κ1) is 23.6. The summed E-state index contributed by atoms with van der Waals surface area (Å²) in [5, 5.41) is 7.33. The number of hydrogen-bond acceptors (Lipinski definition) is 2. The molecule has 0 saturated carbocycles. The highest BCUT2D eigenvalue weighted by Crippen LogP contribution is 2.32. The molecule has 0 radical (unpaired) electrons. The zero-order chi connectivity index (χ0) is 23.9. The lowest BCUT2D eigenvalue weighted by Crippen LogP contribution is -1.98. The van der Waals surface area contributed by atoms with Gasteiger partial charge in [-0.1, -0.05) is 70.2 Å². The summed E-state index contributed by atoms with van der Waals surface area (Å²) in [5.74, 6) is 0. The molecular weight excluding hydrogens is 412 g/mol. The van der Waals surface area contributed by atoms with Crippen molar-refractivity contribution in [3.8, 4) is 11.1 Å². The Bertz CT molecular complexity index is 1170. The predicted molar refractivity (Wildman–Crippen MR) is 149 cm³/mol. The average molecular weight is 449 g/mol. The zero-order valence-electron chi connectivity index (χ0n) is 20.9. The van der Waals surface area contributed by atoms with Crippen LogP contribution in [0.2, 0.25) is 0 Å². The minimum atomic E-state index is 1.04. The van der Waals surface area contributed by atoms with Gasteiger partial charge in [0.1, 0.15) is 0 Å². The van der Waals surface area contributed by atoms with E-state index in [1.807, 2.05) is 0 Å². The number of aryl methyl sites for hydroxylation is 4. The fourth-order valence-electron chi connectivity index (χ4n) is 4.66. The van der Waals surface area contributed by atoms with Gasteiger partial charge in [-0.05, 0) is 102 Å². The van der Waals surface area contributed by atoms with Crippen LogP contribution in [0.25, 0.3) is 11.1 Å². The van der Waals surface area contributed by atoms with Crippen LogP contribution >= 0.6 is 0 Å². The van der Waals surface area contributed by atoms with E-state index in [0.717, 1.165) is 48.4 Å². The number of benzene rings is 4. The molecule has 0 aliphatic rings. The Morgan fingerprint density at radius 1 is 0.412 bits per heavy atom. The van der Waals surface area contributed by atoms with Crippen molar-refractivity contribution >= 4 is 22.7 Å². The fourth-order valence-corrected chi connectivity index (χ4v) is 4.66. The molecule has 34 heavy (non-hydrogen) atoms. The van der Waals surface area contributed by atoms with Gasteiger partial charge in [-0.25, -0.2) is 0 Å². The molecule has 0 aliphatic carbocycles. The van der Waals surface area contributed by atoms with Crippen LogP contribution in [0.15, 0.2) is 84.9 Å². The van der Waals surface area contributed by atoms with Crippen molar-refractivity contribution in [1.29, 1.82) is 0 Å². The van der Waals surface area contributed by atoms with E-state index < -0.39 is 0 Å². The second-order valence-corrected chi connectivity index (χ2v) is 8.80. The van der Waals surface area contributed by atoms with Gasteiger partial charge in [0.05, 0.1) is 0 Å². The maximum Gasteiger partial charge on any atom is 0.0411 e. The SMILES string of the molecule is CCc1ccc(Nc2cc(Nc3ccc(CC)c(CC)c3)cc(-c3ccccc3)c2)cc1CC. The van der Waals surface area contributed by atoms with Crippen molar-refractivity contribution in [2.24, 2.45) is 0 Å². The third-order valence-electron chi connectivity index (χ3n) is 6.55. The molecule has 4 aromatic rings. The Balaban J connectivity index is 1.70. The standard InChI is InChI=1S/C32H36N2/c1-5-23-14-16-29(18-25(23)7-3)33-31-20-28(27-12-10-9-11-13-27)21-32(22-31)34-30-17-15-24(6-2)26(8-4)19-30/h9-22,33-34H,5-8H2,1-4H3. The first-order valence-electron chi connectivity index (χ1n) is 12.6. The van der Waals surface area contributed by atoms with Gasteiger partial charge >= 0.3 is 0 Å². The van der Waals surface area contributed by atoms with Gasteiger partial charge in [0, 0.05) is 22.7 Å². The molecule has 0 aromatic heterocycles. The van der Waals surface area contributed by atoms with Gasteiger partial charge in [0.15, 0.2) is 0 Å². The third-order valence-corrected chi connectivity index (χ3v) is 6.55. The van der Waals surface area contributed by atoms with E-state index in [9.17, 15) is 0 Å². The molecule has 0 unspecified atom stereocenters. The van der Waals surface area contributed by atoms with E-state index in [0.29, 0.717) is 0 Å². The smallest absolute Gasteiger partial charge is 0.0411 e. The summed E-state index contributed by atoms with van der Waals surface area (Å²) < 4.78 is 0. The molecule has 2 heteroatoms. The predicted octanol–water partition coefficient (Wildman–Crippen LogP) is 9.09. The Hall–Kier alpha value is -3.52. The molecule has 0 amide bonds. The lowest BCUT2D eigenvalue weighted by molar-refractivity contribution is 1.04. The van der Waals surface area contributed by atoms with Crippen molar-refractivity contribution < 1.29 is 0 Å². The summed E-state index contributed by atoms with van der Waals surface area (Å²) in [6.45, 7) is 8.90. The Morgan fingerprint density at radius 3 is 1.32 bits per heavy atom. The summed E-state index contributed by atoms with van der Waals surface area (Å²) in [6.07, 6.45) is 4.22. The summed E-state index contributed by atoms with van der Waals surface area (Å²) >= 11 is 0. The molecule has 0 fully saturated rings. The topological polar surface area (TPSA) is 24.1 Å². The van der Waals surface area contributed by atoms with Gasteiger partial charge in [0.2, 0.25) is 0 Å². The minimum absolute atomic E-state index is 1.04. The Morgan fingerprint density at radius 2 is 0.882 bits per heavy atom. The van der Waals surface area contributed by atoms with Gasteiger partial charge in [0.25, 0.3) is 0 Å². The summed E-state index contributed by atoms with van der Waals surface area (Å²) in [7, 11) is 0. The van der Waals surface area contributed by atoms with E-state index in [2.05, 4.69) is 123 Å². The first-order valence-corrected chi connectivity index (χ1v) is 12.6. The molecule has 4 rings (SSSR count). The highest BCUT2D eigenvalue weighted by Gasteiger charge is 2.08. The highest BCUT2D eigenvalue weighted by atomic mass is 14.9. The lowest BCUT2D eigenvalue weighted by Gasteiger charge is -2.16. The van der Waals surface area contributed by atoms with Gasteiger partial charge < -0.3 is 10.6 Å². The molecular formula is C32H36N2. The van der Waals surface area contributed by atoms with Crippen molar-refractivity contribution in [2.45, 2.75) is 53.4 Å². The van der Waals surface area contributed by atoms with Crippen molar-refractivity contribution in [2.75, 3.05) is 10.6 Å². The van der Waals surface area contributed by atoms with Crippen LogP contribution in [0.1, 0.15) is 49.9 Å². The molecule has 0 bridgehead atoms. The van der Waals surface area contributed by atoms with E-state index in [4.69, 9.17) is 0 Å².